The first-order chi connectivity index (χ1) is 9.52. The lowest BCUT2D eigenvalue weighted by atomic mass is 10.1. The Morgan fingerprint density at radius 2 is 2.20 bits per heavy atom. The van der Waals surface area contributed by atoms with Crippen molar-refractivity contribution >= 4 is 17.7 Å². The van der Waals surface area contributed by atoms with E-state index in [-0.39, 0.29) is 12.5 Å². The Balaban J connectivity index is 2.23. The molecule has 3 amide bonds. The molecule has 0 aliphatic carbocycles. The van der Waals surface area contributed by atoms with E-state index in [0.717, 1.165) is 5.56 Å². The van der Waals surface area contributed by atoms with Gasteiger partial charge in [0.15, 0.2) is 0 Å². The van der Waals surface area contributed by atoms with Crippen molar-refractivity contribution in [2.24, 2.45) is 0 Å². The normalized spacial score (nSPS) is 18.9. The fourth-order valence-corrected chi connectivity index (χ4v) is 2.09. The molecule has 2 rings (SSSR count). The largest absolute Gasteiger partial charge is 0.380 e. The van der Waals surface area contributed by atoms with Gasteiger partial charge in [0, 0.05) is 12.7 Å². The molecule has 6 nitrogen and oxygen atoms in total. The number of hydrogen-bond acceptors (Lipinski definition) is 4. The van der Waals surface area contributed by atoms with E-state index < -0.39 is 17.9 Å². The topological polar surface area (TPSA) is 75.7 Å². The van der Waals surface area contributed by atoms with Gasteiger partial charge in [-0.3, -0.25) is 19.7 Å². The Morgan fingerprint density at radius 3 is 2.90 bits per heavy atom. The lowest BCUT2D eigenvalue weighted by Crippen LogP contribution is -2.58. The number of ether oxygens (including phenoxy) is 1. The van der Waals surface area contributed by atoms with E-state index >= 15 is 0 Å². The summed E-state index contributed by atoms with van der Waals surface area (Å²) in [5.74, 6) is -1.25. The number of carbonyl (C=O) groups is 3. The van der Waals surface area contributed by atoms with E-state index in [1.165, 1.54) is 4.90 Å². The first-order valence-electron chi connectivity index (χ1n) is 6.25. The molecule has 6 heteroatoms. The highest BCUT2D eigenvalue weighted by atomic mass is 16.5. The SMILES string of the molecule is COCc1cccc(C(=O)N2CC(=O)NC(=O)C2C)c1. The van der Waals surface area contributed by atoms with Gasteiger partial charge in [-0.05, 0) is 24.6 Å². The van der Waals surface area contributed by atoms with Gasteiger partial charge in [0.2, 0.25) is 11.8 Å². The highest BCUT2D eigenvalue weighted by Crippen LogP contribution is 2.13. The second-order valence-corrected chi connectivity index (χ2v) is 4.65. The highest BCUT2D eigenvalue weighted by molar-refractivity contribution is 6.07. The van der Waals surface area contributed by atoms with Gasteiger partial charge in [-0.25, -0.2) is 0 Å². The lowest BCUT2D eigenvalue weighted by molar-refractivity contribution is -0.138. The predicted molar refractivity (Wildman–Crippen MR) is 70.8 cm³/mol. The van der Waals surface area contributed by atoms with Crippen molar-refractivity contribution in [3.63, 3.8) is 0 Å². The number of rotatable bonds is 3. The molecule has 1 aliphatic heterocycles. The maximum Gasteiger partial charge on any atom is 0.255 e. The van der Waals surface area contributed by atoms with Crippen LogP contribution in [0.3, 0.4) is 0 Å². The summed E-state index contributed by atoms with van der Waals surface area (Å²) >= 11 is 0. The molecule has 0 bridgehead atoms. The Bertz CT molecular complexity index is 556. The van der Waals surface area contributed by atoms with Crippen LogP contribution in [0.5, 0.6) is 0 Å². The lowest BCUT2D eigenvalue weighted by Gasteiger charge is -2.31. The minimum absolute atomic E-state index is 0.111. The van der Waals surface area contributed by atoms with E-state index in [2.05, 4.69) is 5.32 Å². The Hall–Kier alpha value is -2.21. The first kappa shape index (κ1) is 14.2. The van der Waals surface area contributed by atoms with Gasteiger partial charge in [0.05, 0.1) is 6.61 Å². The molecular formula is C14H16N2O4. The van der Waals surface area contributed by atoms with E-state index in [4.69, 9.17) is 4.74 Å². The molecule has 20 heavy (non-hydrogen) atoms. The predicted octanol–water partition coefficient (Wildman–Crippen LogP) is 0.320. The second kappa shape index (κ2) is 5.83. The Labute approximate surface area is 116 Å². The van der Waals surface area contributed by atoms with Crippen molar-refractivity contribution in [2.45, 2.75) is 19.6 Å². The Kier molecular flexibility index (Phi) is 4.14. The van der Waals surface area contributed by atoms with Crippen LogP contribution >= 0.6 is 0 Å². The number of nitrogens with zero attached hydrogens (tertiary/aromatic N) is 1. The van der Waals surface area contributed by atoms with E-state index in [1.54, 1.807) is 32.2 Å². The summed E-state index contributed by atoms with van der Waals surface area (Å²) in [5, 5.41) is 2.21. The van der Waals surface area contributed by atoms with Gasteiger partial charge >= 0.3 is 0 Å². The molecule has 1 atom stereocenters. The molecule has 1 fully saturated rings. The zero-order chi connectivity index (χ0) is 14.7. The van der Waals surface area contributed by atoms with Crippen molar-refractivity contribution in [3.05, 3.63) is 35.4 Å². The smallest absolute Gasteiger partial charge is 0.255 e. The number of methoxy groups -OCH3 is 1. The van der Waals surface area contributed by atoms with E-state index in [9.17, 15) is 14.4 Å². The molecule has 1 saturated heterocycles. The zero-order valence-electron chi connectivity index (χ0n) is 11.4. The standard InChI is InChI=1S/C14H16N2O4/c1-9-13(18)15-12(17)7-16(9)14(19)11-5-3-4-10(6-11)8-20-2/h3-6,9H,7-8H2,1-2H3,(H,15,17,18). The number of piperazine rings is 1. The molecule has 1 heterocycles. The van der Waals surface area contributed by atoms with Crippen LogP contribution in [0.1, 0.15) is 22.8 Å². The van der Waals surface area contributed by atoms with Crippen molar-refractivity contribution in [3.8, 4) is 0 Å². The molecule has 0 radical (unpaired) electrons. The number of imide groups is 1. The van der Waals surface area contributed by atoms with Crippen LogP contribution < -0.4 is 5.32 Å². The third-order valence-electron chi connectivity index (χ3n) is 3.17. The number of benzene rings is 1. The zero-order valence-corrected chi connectivity index (χ0v) is 11.4. The van der Waals surface area contributed by atoms with Crippen LogP contribution in [-0.2, 0) is 20.9 Å². The van der Waals surface area contributed by atoms with Crippen LogP contribution in [0.25, 0.3) is 0 Å². The van der Waals surface area contributed by atoms with Crippen molar-refractivity contribution in [1.29, 1.82) is 0 Å². The third-order valence-corrected chi connectivity index (χ3v) is 3.17. The summed E-state index contributed by atoms with van der Waals surface area (Å²) in [6.45, 7) is 1.88. The van der Waals surface area contributed by atoms with Gasteiger partial charge in [-0.15, -0.1) is 0 Å². The first-order valence-corrected chi connectivity index (χ1v) is 6.25. The quantitative estimate of drug-likeness (QED) is 0.807. The molecule has 0 saturated carbocycles. The van der Waals surface area contributed by atoms with Gasteiger partial charge < -0.3 is 9.64 Å². The second-order valence-electron chi connectivity index (χ2n) is 4.65. The van der Waals surface area contributed by atoms with Crippen LogP contribution in [0.4, 0.5) is 0 Å². The molecule has 0 spiro atoms. The summed E-state index contributed by atoms with van der Waals surface area (Å²) in [6.07, 6.45) is 0. The molecule has 1 N–H and O–H groups in total. The van der Waals surface area contributed by atoms with Crippen molar-refractivity contribution in [1.82, 2.24) is 10.2 Å². The van der Waals surface area contributed by atoms with Crippen LogP contribution in [-0.4, -0.2) is 42.3 Å². The van der Waals surface area contributed by atoms with Crippen LogP contribution in [0, 0.1) is 0 Å². The van der Waals surface area contributed by atoms with Gasteiger partial charge in [-0.2, -0.15) is 0 Å². The van der Waals surface area contributed by atoms with Crippen LogP contribution in [0.2, 0.25) is 0 Å². The monoisotopic (exact) mass is 276 g/mol. The number of amides is 3. The fourth-order valence-electron chi connectivity index (χ4n) is 2.09. The molecular weight excluding hydrogens is 260 g/mol. The maximum absolute atomic E-state index is 12.4. The fraction of sp³-hybridized carbons (Fsp3) is 0.357. The molecule has 1 aliphatic rings. The van der Waals surface area contributed by atoms with E-state index in [0.29, 0.717) is 12.2 Å². The highest BCUT2D eigenvalue weighted by Gasteiger charge is 2.33. The summed E-state index contributed by atoms with van der Waals surface area (Å²) in [5.41, 5.74) is 1.30. The van der Waals surface area contributed by atoms with Gasteiger partial charge in [-0.1, -0.05) is 12.1 Å². The molecule has 0 aromatic heterocycles. The van der Waals surface area contributed by atoms with Gasteiger partial charge in [0.25, 0.3) is 5.91 Å². The maximum atomic E-state index is 12.4. The van der Waals surface area contributed by atoms with Gasteiger partial charge in [0.1, 0.15) is 12.6 Å². The van der Waals surface area contributed by atoms with Crippen molar-refractivity contribution < 1.29 is 19.1 Å². The molecule has 1 aromatic rings. The third kappa shape index (κ3) is 2.85. The summed E-state index contributed by atoms with van der Waals surface area (Å²) in [6, 6.07) is 6.29. The molecule has 1 unspecified atom stereocenters. The average Bonchev–Trinajstić information content (AvgIpc) is 2.43. The Morgan fingerprint density at radius 1 is 1.45 bits per heavy atom. The summed E-state index contributed by atoms with van der Waals surface area (Å²) in [7, 11) is 1.57. The average molecular weight is 276 g/mol. The molecule has 106 valence electrons. The number of carbonyl (C=O) groups excluding carboxylic acids is 3. The molecule has 1 aromatic carbocycles. The van der Waals surface area contributed by atoms with E-state index in [1.807, 2.05) is 6.07 Å². The summed E-state index contributed by atoms with van der Waals surface area (Å²) in [4.78, 5) is 36.6. The minimum Gasteiger partial charge on any atom is -0.380 e. The number of hydrogen-bond donors (Lipinski definition) is 1. The van der Waals surface area contributed by atoms with Crippen LogP contribution in [0.15, 0.2) is 24.3 Å². The minimum atomic E-state index is -0.661. The summed E-state index contributed by atoms with van der Waals surface area (Å²) < 4.78 is 5.02. The number of nitrogens with one attached hydrogen (secondary N) is 1. The van der Waals surface area contributed by atoms with Crippen molar-refractivity contribution in [2.75, 3.05) is 13.7 Å².